The highest BCUT2D eigenvalue weighted by atomic mass is 19.4. The first-order valence-corrected chi connectivity index (χ1v) is 9.53. The monoisotopic (exact) mass is 398 g/mol. The van der Waals surface area contributed by atoms with Gasteiger partial charge in [-0.1, -0.05) is 18.2 Å². The number of benzene rings is 1. The van der Waals surface area contributed by atoms with Crippen molar-refractivity contribution in [3.05, 3.63) is 35.4 Å². The lowest BCUT2D eigenvalue weighted by Crippen LogP contribution is -2.61. The molecule has 2 amide bonds. The molecule has 0 saturated carbocycles. The molecule has 0 aliphatic carbocycles. The zero-order chi connectivity index (χ0) is 20.4. The van der Waals surface area contributed by atoms with Crippen molar-refractivity contribution >= 4 is 11.8 Å². The number of hydrogen-bond acceptors (Lipinski definition) is 3. The van der Waals surface area contributed by atoms with Gasteiger partial charge < -0.3 is 14.5 Å². The van der Waals surface area contributed by atoms with Crippen LogP contribution >= 0.6 is 0 Å². The molecule has 1 spiro atoms. The van der Waals surface area contributed by atoms with Crippen LogP contribution in [0.5, 0.6) is 0 Å². The maximum atomic E-state index is 13.1. The summed E-state index contributed by atoms with van der Waals surface area (Å²) in [7, 11) is 1.57. The molecule has 5 nitrogen and oxygen atoms in total. The van der Waals surface area contributed by atoms with Crippen LogP contribution in [-0.4, -0.2) is 60.5 Å². The summed E-state index contributed by atoms with van der Waals surface area (Å²) < 4.78 is 43.9. The van der Waals surface area contributed by atoms with Crippen LogP contribution in [0, 0.1) is 0 Å². The minimum Gasteiger partial charge on any atom is -0.383 e. The summed E-state index contributed by atoms with van der Waals surface area (Å²) in [6.45, 7) is 2.01. The van der Waals surface area contributed by atoms with Crippen LogP contribution in [0.1, 0.15) is 36.8 Å². The Labute approximate surface area is 162 Å². The van der Waals surface area contributed by atoms with E-state index in [1.807, 2.05) is 0 Å². The van der Waals surface area contributed by atoms with Crippen molar-refractivity contribution in [1.82, 2.24) is 9.80 Å². The van der Waals surface area contributed by atoms with Crippen LogP contribution in [-0.2, 0) is 26.9 Å². The molecule has 8 heteroatoms. The molecule has 2 saturated heterocycles. The molecule has 2 heterocycles. The molecule has 154 valence electrons. The van der Waals surface area contributed by atoms with Gasteiger partial charge >= 0.3 is 6.18 Å². The van der Waals surface area contributed by atoms with E-state index in [0.717, 1.165) is 25.0 Å². The third kappa shape index (κ3) is 4.01. The first-order valence-electron chi connectivity index (χ1n) is 9.53. The lowest BCUT2D eigenvalue weighted by atomic mass is 9.85. The van der Waals surface area contributed by atoms with Gasteiger partial charge in [0.1, 0.15) is 5.54 Å². The Morgan fingerprint density at radius 3 is 2.61 bits per heavy atom. The minimum absolute atomic E-state index is 0.0642. The predicted molar refractivity (Wildman–Crippen MR) is 96.5 cm³/mol. The molecule has 1 aromatic rings. The summed E-state index contributed by atoms with van der Waals surface area (Å²) in [6, 6.07) is 4.82. The Balaban J connectivity index is 1.77. The van der Waals surface area contributed by atoms with Crippen molar-refractivity contribution in [3.63, 3.8) is 0 Å². The molecule has 1 atom stereocenters. The van der Waals surface area contributed by atoms with E-state index in [1.165, 1.54) is 12.1 Å². The lowest BCUT2D eigenvalue weighted by Gasteiger charge is -2.44. The number of carbonyl (C=O) groups excluding carboxylic acids is 2. The highest BCUT2D eigenvalue weighted by Gasteiger charge is 2.52. The second-order valence-electron chi connectivity index (χ2n) is 7.44. The molecule has 28 heavy (non-hydrogen) atoms. The number of piperidine rings is 1. The number of nitrogens with zero attached hydrogens (tertiary/aromatic N) is 2. The number of alkyl halides is 3. The number of rotatable bonds is 5. The van der Waals surface area contributed by atoms with E-state index in [-0.39, 0.29) is 18.2 Å². The van der Waals surface area contributed by atoms with Crippen molar-refractivity contribution in [3.8, 4) is 0 Å². The molecule has 2 aliphatic heterocycles. The molecule has 0 aromatic heterocycles. The largest absolute Gasteiger partial charge is 0.416 e. The molecule has 2 fully saturated rings. The van der Waals surface area contributed by atoms with E-state index in [9.17, 15) is 22.8 Å². The Kier molecular flexibility index (Phi) is 5.98. The maximum absolute atomic E-state index is 13.1. The number of likely N-dealkylation sites (tertiary alicyclic amines) is 2. The molecular weight excluding hydrogens is 373 g/mol. The normalized spacial score (nSPS) is 22.9. The van der Waals surface area contributed by atoms with Gasteiger partial charge in [0, 0.05) is 26.7 Å². The molecular formula is C20H25F3N2O3. The molecule has 0 bridgehead atoms. The van der Waals surface area contributed by atoms with Gasteiger partial charge in [-0.25, -0.2) is 0 Å². The number of hydrogen-bond donors (Lipinski definition) is 0. The van der Waals surface area contributed by atoms with Crippen LogP contribution in [0.15, 0.2) is 24.3 Å². The van der Waals surface area contributed by atoms with Crippen LogP contribution in [0.3, 0.4) is 0 Å². The number of methoxy groups -OCH3 is 1. The molecule has 1 aromatic carbocycles. The first kappa shape index (κ1) is 20.6. The van der Waals surface area contributed by atoms with Crippen LogP contribution in [0.4, 0.5) is 13.2 Å². The fraction of sp³-hybridized carbons (Fsp3) is 0.600. The second kappa shape index (κ2) is 8.11. The topological polar surface area (TPSA) is 49.9 Å². The van der Waals surface area contributed by atoms with Gasteiger partial charge in [0.2, 0.25) is 11.8 Å². The molecule has 1 unspecified atom stereocenters. The van der Waals surface area contributed by atoms with Crippen LogP contribution in [0.25, 0.3) is 0 Å². The quantitative estimate of drug-likeness (QED) is 0.767. The third-order valence-corrected chi connectivity index (χ3v) is 5.67. The van der Waals surface area contributed by atoms with E-state index in [2.05, 4.69) is 0 Å². The standard InChI is InChI=1S/C20H25F3N2O3/c1-28-12-11-24-9-3-7-19(18(24)27)8-4-10-25(19)17(26)14-15-5-2-6-16(13-15)20(21,22)23/h2,5-6,13H,3-4,7-12,14H2,1H3. The number of ether oxygens (including phenoxy) is 1. The third-order valence-electron chi connectivity index (χ3n) is 5.67. The lowest BCUT2D eigenvalue weighted by molar-refractivity contribution is -0.155. The minimum atomic E-state index is -4.45. The van der Waals surface area contributed by atoms with Crippen molar-refractivity contribution in [2.75, 3.05) is 33.4 Å². The highest BCUT2D eigenvalue weighted by molar-refractivity contribution is 5.93. The number of halogens is 3. The average Bonchev–Trinajstić information content (AvgIpc) is 3.07. The van der Waals surface area contributed by atoms with Gasteiger partial charge in [-0.05, 0) is 37.3 Å². The van der Waals surface area contributed by atoms with Crippen LogP contribution in [0.2, 0.25) is 0 Å². The van der Waals surface area contributed by atoms with E-state index in [0.29, 0.717) is 44.6 Å². The van der Waals surface area contributed by atoms with Crippen molar-refractivity contribution < 1.29 is 27.5 Å². The molecule has 0 radical (unpaired) electrons. The van der Waals surface area contributed by atoms with E-state index in [4.69, 9.17) is 4.74 Å². The van der Waals surface area contributed by atoms with Gasteiger partial charge in [-0.15, -0.1) is 0 Å². The molecule has 0 N–H and O–H groups in total. The van der Waals surface area contributed by atoms with Crippen molar-refractivity contribution in [2.24, 2.45) is 0 Å². The maximum Gasteiger partial charge on any atom is 0.416 e. The van der Waals surface area contributed by atoms with Crippen molar-refractivity contribution in [2.45, 2.75) is 43.8 Å². The first-order chi connectivity index (χ1) is 13.3. The highest BCUT2D eigenvalue weighted by Crippen LogP contribution is 2.39. The zero-order valence-electron chi connectivity index (χ0n) is 15.9. The van der Waals surface area contributed by atoms with E-state index in [1.54, 1.807) is 16.9 Å². The van der Waals surface area contributed by atoms with Crippen LogP contribution < -0.4 is 0 Å². The van der Waals surface area contributed by atoms with Gasteiger partial charge in [0.15, 0.2) is 0 Å². The SMILES string of the molecule is COCCN1CCCC2(CCCN2C(=O)Cc2cccc(C(F)(F)F)c2)C1=O. The van der Waals surface area contributed by atoms with E-state index < -0.39 is 17.3 Å². The Morgan fingerprint density at radius 1 is 1.21 bits per heavy atom. The fourth-order valence-electron chi connectivity index (χ4n) is 4.33. The molecule has 3 rings (SSSR count). The Morgan fingerprint density at radius 2 is 1.93 bits per heavy atom. The second-order valence-corrected chi connectivity index (χ2v) is 7.44. The Hall–Kier alpha value is -2.09. The number of carbonyl (C=O) groups is 2. The van der Waals surface area contributed by atoms with Gasteiger partial charge in [0.25, 0.3) is 0 Å². The summed E-state index contributed by atoms with van der Waals surface area (Å²) in [4.78, 5) is 29.4. The summed E-state index contributed by atoms with van der Waals surface area (Å²) in [5.41, 5.74) is -1.32. The Bertz CT molecular complexity index is 738. The summed E-state index contributed by atoms with van der Waals surface area (Å²) >= 11 is 0. The van der Waals surface area contributed by atoms with Gasteiger partial charge in [-0.3, -0.25) is 9.59 Å². The summed E-state index contributed by atoms with van der Waals surface area (Å²) in [5.74, 6) is -0.357. The summed E-state index contributed by atoms with van der Waals surface area (Å²) in [5, 5.41) is 0. The predicted octanol–water partition coefficient (Wildman–Crippen LogP) is 2.88. The fourth-order valence-corrected chi connectivity index (χ4v) is 4.33. The average molecular weight is 398 g/mol. The number of amides is 2. The van der Waals surface area contributed by atoms with Gasteiger partial charge in [-0.2, -0.15) is 13.2 Å². The van der Waals surface area contributed by atoms with E-state index >= 15 is 0 Å². The van der Waals surface area contributed by atoms with Gasteiger partial charge in [0.05, 0.1) is 18.6 Å². The van der Waals surface area contributed by atoms with Crippen molar-refractivity contribution in [1.29, 1.82) is 0 Å². The zero-order valence-corrected chi connectivity index (χ0v) is 15.9. The molecule has 2 aliphatic rings. The smallest absolute Gasteiger partial charge is 0.383 e. The summed E-state index contributed by atoms with van der Waals surface area (Å²) in [6.07, 6.45) is -1.87.